The molecule has 5 atom stereocenters. The first kappa shape index (κ1) is 19.8. The van der Waals surface area contributed by atoms with Gasteiger partial charge in [0.2, 0.25) is 5.79 Å². The van der Waals surface area contributed by atoms with Crippen molar-refractivity contribution in [3.8, 4) is 0 Å². The Balaban J connectivity index is 3.32. The summed E-state index contributed by atoms with van der Waals surface area (Å²) >= 11 is 0. The van der Waals surface area contributed by atoms with Gasteiger partial charge in [0.15, 0.2) is 18.5 Å². The zero-order chi connectivity index (χ0) is 17.6. The molecule has 0 aromatic heterocycles. The maximum Gasteiger partial charge on any atom is 0.303 e. The molecule has 0 aromatic rings. The fourth-order valence-electron chi connectivity index (χ4n) is 2.53. The van der Waals surface area contributed by atoms with Crippen molar-refractivity contribution in [3.05, 3.63) is 0 Å². The standard InChI is InChI=1S/C14H24O9/c1-8(15)21-10-11(18-4)13(19-5)23-14(20-6,7-17-3)12(10)22-9(2)16/h10-13H,7H2,1-6H3/t10-,11-,12-,13-,14-/m1/s1. The summed E-state index contributed by atoms with van der Waals surface area (Å²) in [7, 11) is 5.60. The number of esters is 2. The topological polar surface area (TPSA) is 98.8 Å². The lowest BCUT2D eigenvalue weighted by Crippen LogP contribution is -2.69. The number of rotatable bonds is 7. The summed E-state index contributed by atoms with van der Waals surface area (Å²) in [5, 5.41) is 0. The number of carbonyl (C=O) groups is 2. The van der Waals surface area contributed by atoms with E-state index in [1.54, 1.807) is 0 Å². The van der Waals surface area contributed by atoms with Crippen LogP contribution >= 0.6 is 0 Å². The van der Waals surface area contributed by atoms with Gasteiger partial charge in [-0.15, -0.1) is 0 Å². The Hall–Kier alpha value is -1.26. The third-order valence-electron chi connectivity index (χ3n) is 3.43. The van der Waals surface area contributed by atoms with Crippen molar-refractivity contribution >= 4 is 11.9 Å². The minimum absolute atomic E-state index is 0.0878. The van der Waals surface area contributed by atoms with Crippen molar-refractivity contribution in [2.45, 2.75) is 44.2 Å². The smallest absolute Gasteiger partial charge is 0.303 e. The Labute approximate surface area is 135 Å². The van der Waals surface area contributed by atoms with Gasteiger partial charge in [-0.1, -0.05) is 0 Å². The van der Waals surface area contributed by atoms with Crippen molar-refractivity contribution in [3.63, 3.8) is 0 Å². The summed E-state index contributed by atoms with van der Waals surface area (Å²) in [4.78, 5) is 23.0. The van der Waals surface area contributed by atoms with E-state index in [4.69, 9.17) is 33.2 Å². The molecule has 0 aromatic carbocycles. The Morgan fingerprint density at radius 2 is 1.57 bits per heavy atom. The normalized spacial score (nSPS) is 34.0. The van der Waals surface area contributed by atoms with E-state index in [9.17, 15) is 9.59 Å². The molecule has 0 aliphatic carbocycles. The highest BCUT2D eigenvalue weighted by molar-refractivity contribution is 5.67. The fraction of sp³-hybridized carbons (Fsp3) is 0.857. The van der Waals surface area contributed by atoms with Crippen molar-refractivity contribution in [1.82, 2.24) is 0 Å². The molecule has 1 rings (SSSR count). The first-order chi connectivity index (χ1) is 10.8. The lowest BCUT2D eigenvalue weighted by atomic mass is 9.95. The highest BCUT2D eigenvalue weighted by atomic mass is 16.8. The van der Waals surface area contributed by atoms with Crippen molar-refractivity contribution in [2.24, 2.45) is 0 Å². The fourth-order valence-corrected chi connectivity index (χ4v) is 2.53. The second-order valence-corrected chi connectivity index (χ2v) is 4.98. The molecule has 1 aliphatic rings. The van der Waals surface area contributed by atoms with Gasteiger partial charge >= 0.3 is 11.9 Å². The van der Waals surface area contributed by atoms with Crippen LogP contribution in [0.25, 0.3) is 0 Å². The SMILES string of the molecule is COC[C@@]1(OC)O[C@@H](OC)[C@H](OC)[C@@H](OC(C)=O)[C@H]1OC(C)=O. The molecular formula is C14H24O9. The van der Waals surface area contributed by atoms with Gasteiger partial charge in [-0.05, 0) is 0 Å². The molecule has 1 saturated heterocycles. The van der Waals surface area contributed by atoms with Crippen LogP contribution in [0, 0.1) is 0 Å². The monoisotopic (exact) mass is 336 g/mol. The van der Waals surface area contributed by atoms with Crippen LogP contribution in [0.15, 0.2) is 0 Å². The molecule has 134 valence electrons. The highest BCUT2D eigenvalue weighted by Crippen LogP contribution is 2.36. The summed E-state index contributed by atoms with van der Waals surface area (Å²) in [6, 6.07) is 0. The predicted molar refractivity (Wildman–Crippen MR) is 75.4 cm³/mol. The molecular weight excluding hydrogens is 312 g/mol. The molecule has 0 saturated carbocycles. The van der Waals surface area contributed by atoms with Gasteiger partial charge < -0.3 is 33.2 Å². The van der Waals surface area contributed by atoms with Crippen molar-refractivity contribution in [2.75, 3.05) is 35.0 Å². The van der Waals surface area contributed by atoms with Crippen molar-refractivity contribution < 1.29 is 42.7 Å². The van der Waals surface area contributed by atoms with Crippen LogP contribution in [0.5, 0.6) is 0 Å². The maximum absolute atomic E-state index is 11.5. The van der Waals surface area contributed by atoms with Crippen LogP contribution in [0.4, 0.5) is 0 Å². The predicted octanol–water partition coefficient (Wildman–Crippen LogP) is -0.143. The molecule has 0 bridgehead atoms. The van der Waals surface area contributed by atoms with E-state index in [0.717, 1.165) is 0 Å². The zero-order valence-electron chi connectivity index (χ0n) is 14.2. The van der Waals surface area contributed by atoms with Crippen LogP contribution < -0.4 is 0 Å². The number of methoxy groups -OCH3 is 4. The van der Waals surface area contributed by atoms with Gasteiger partial charge in [-0.2, -0.15) is 0 Å². The Bertz CT molecular complexity index is 413. The van der Waals surface area contributed by atoms with Gasteiger partial charge in [0.25, 0.3) is 0 Å². The van der Waals surface area contributed by atoms with E-state index in [2.05, 4.69) is 0 Å². The second-order valence-electron chi connectivity index (χ2n) is 4.98. The number of carbonyl (C=O) groups excluding carboxylic acids is 2. The molecule has 0 radical (unpaired) electrons. The summed E-state index contributed by atoms with van der Waals surface area (Å²) in [5.41, 5.74) is 0. The van der Waals surface area contributed by atoms with E-state index >= 15 is 0 Å². The van der Waals surface area contributed by atoms with Crippen LogP contribution in [-0.4, -0.2) is 77.4 Å². The van der Waals surface area contributed by atoms with Gasteiger partial charge in [0, 0.05) is 42.3 Å². The van der Waals surface area contributed by atoms with Gasteiger partial charge in [0.1, 0.15) is 12.7 Å². The number of hydrogen-bond donors (Lipinski definition) is 0. The Morgan fingerprint density at radius 3 is 1.96 bits per heavy atom. The molecule has 0 unspecified atom stereocenters. The quantitative estimate of drug-likeness (QED) is 0.588. The molecule has 0 spiro atoms. The first-order valence-electron chi connectivity index (χ1n) is 6.97. The number of ether oxygens (including phenoxy) is 7. The lowest BCUT2D eigenvalue weighted by Gasteiger charge is -2.49. The summed E-state index contributed by atoms with van der Waals surface area (Å²) in [6.07, 6.45) is -3.86. The van der Waals surface area contributed by atoms with E-state index in [1.165, 1.54) is 42.3 Å². The van der Waals surface area contributed by atoms with Gasteiger partial charge in [0.05, 0.1) is 0 Å². The van der Waals surface area contributed by atoms with E-state index in [-0.39, 0.29) is 6.61 Å². The Morgan fingerprint density at radius 1 is 0.957 bits per heavy atom. The first-order valence-corrected chi connectivity index (χ1v) is 6.97. The molecule has 1 fully saturated rings. The van der Waals surface area contributed by atoms with Gasteiger partial charge in [-0.3, -0.25) is 9.59 Å². The van der Waals surface area contributed by atoms with E-state index < -0.39 is 42.3 Å². The highest BCUT2D eigenvalue weighted by Gasteiger charge is 2.60. The molecule has 9 nitrogen and oxygen atoms in total. The molecule has 1 aliphatic heterocycles. The summed E-state index contributed by atoms with van der Waals surface area (Å²) in [5.74, 6) is -2.69. The lowest BCUT2D eigenvalue weighted by molar-refractivity contribution is -0.403. The summed E-state index contributed by atoms with van der Waals surface area (Å²) < 4.78 is 37.5. The Kier molecular flexibility index (Phi) is 7.36. The zero-order valence-corrected chi connectivity index (χ0v) is 14.2. The average Bonchev–Trinajstić information content (AvgIpc) is 2.49. The largest absolute Gasteiger partial charge is 0.455 e. The minimum Gasteiger partial charge on any atom is -0.455 e. The van der Waals surface area contributed by atoms with Gasteiger partial charge in [-0.25, -0.2) is 0 Å². The van der Waals surface area contributed by atoms with E-state index in [1.807, 2.05) is 0 Å². The van der Waals surface area contributed by atoms with Crippen LogP contribution in [0.3, 0.4) is 0 Å². The third kappa shape index (κ3) is 4.39. The second kappa shape index (κ2) is 8.55. The average molecular weight is 336 g/mol. The van der Waals surface area contributed by atoms with Crippen LogP contribution in [0.2, 0.25) is 0 Å². The van der Waals surface area contributed by atoms with Crippen LogP contribution in [-0.2, 0) is 42.7 Å². The molecule has 9 heteroatoms. The summed E-state index contributed by atoms with van der Waals surface area (Å²) in [6.45, 7) is 2.37. The van der Waals surface area contributed by atoms with Crippen LogP contribution in [0.1, 0.15) is 13.8 Å². The number of hydrogen-bond acceptors (Lipinski definition) is 9. The minimum atomic E-state index is -1.52. The van der Waals surface area contributed by atoms with E-state index in [0.29, 0.717) is 0 Å². The molecule has 0 N–H and O–H groups in total. The molecule has 23 heavy (non-hydrogen) atoms. The molecule has 0 amide bonds. The maximum atomic E-state index is 11.5. The molecule has 1 heterocycles. The third-order valence-corrected chi connectivity index (χ3v) is 3.43. The van der Waals surface area contributed by atoms with Crippen molar-refractivity contribution in [1.29, 1.82) is 0 Å².